The Labute approximate surface area is 171 Å². The van der Waals surface area contributed by atoms with Crippen molar-refractivity contribution in [1.82, 2.24) is 15.5 Å². The van der Waals surface area contributed by atoms with Gasteiger partial charge in [0.25, 0.3) is 0 Å². The molecule has 29 heavy (non-hydrogen) atoms. The van der Waals surface area contributed by atoms with E-state index in [-0.39, 0.29) is 24.5 Å². The van der Waals surface area contributed by atoms with Crippen molar-refractivity contribution in [2.75, 3.05) is 25.9 Å². The molecule has 1 saturated heterocycles. The van der Waals surface area contributed by atoms with E-state index in [0.29, 0.717) is 18.8 Å². The Morgan fingerprint density at radius 1 is 1.10 bits per heavy atom. The summed E-state index contributed by atoms with van der Waals surface area (Å²) < 4.78 is 5.48. The van der Waals surface area contributed by atoms with Crippen molar-refractivity contribution in [2.24, 2.45) is 0 Å². The molecule has 1 aliphatic heterocycles. The quantitative estimate of drug-likeness (QED) is 0.654. The Morgan fingerprint density at radius 3 is 2.62 bits per heavy atom. The Morgan fingerprint density at radius 2 is 1.86 bits per heavy atom. The van der Waals surface area contributed by atoms with E-state index in [2.05, 4.69) is 10.6 Å². The first-order valence-electron chi connectivity index (χ1n) is 9.87. The molecular weight excluding hydrogens is 368 g/mol. The van der Waals surface area contributed by atoms with Crippen molar-refractivity contribution >= 4 is 17.6 Å². The molecule has 7 heteroatoms. The molecule has 4 N–H and O–H groups in total. The standard InChI is InChI=1S/C22H28N4O3/c1-29-20-8-3-2-6-18(20)19-7-4-5-13-26(19)21(27)15-25-22(28)24-14-16-9-11-17(23)12-10-16/h2-3,6,8-12,19H,4-5,7,13-15,23H2,1H3,(H2,24,25,28). The van der Waals surface area contributed by atoms with Gasteiger partial charge in [0.2, 0.25) is 5.91 Å². The second kappa shape index (κ2) is 9.82. The van der Waals surface area contributed by atoms with E-state index in [4.69, 9.17) is 10.5 Å². The molecule has 0 saturated carbocycles. The first kappa shape index (κ1) is 20.5. The molecule has 0 aliphatic carbocycles. The number of nitrogen functional groups attached to an aromatic ring is 1. The fourth-order valence-electron chi connectivity index (χ4n) is 3.63. The van der Waals surface area contributed by atoms with E-state index < -0.39 is 0 Å². The first-order chi connectivity index (χ1) is 14.1. The van der Waals surface area contributed by atoms with Crippen LogP contribution in [0.15, 0.2) is 48.5 Å². The second-order valence-corrected chi connectivity index (χ2v) is 7.12. The number of likely N-dealkylation sites (tertiary alicyclic amines) is 1. The highest BCUT2D eigenvalue weighted by Crippen LogP contribution is 2.35. The smallest absolute Gasteiger partial charge is 0.315 e. The maximum atomic E-state index is 12.8. The largest absolute Gasteiger partial charge is 0.496 e. The summed E-state index contributed by atoms with van der Waals surface area (Å²) >= 11 is 0. The van der Waals surface area contributed by atoms with Crippen molar-refractivity contribution in [1.29, 1.82) is 0 Å². The van der Waals surface area contributed by atoms with Crippen molar-refractivity contribution in [3.63, 3.8) is 0 Å². The predicted octanol–water partition coefficient (Wildman–Crippen LogP) is 2.83. The van der Waals surface area contributed by atoms with Gasteiger partial charge in [-0.2, -0.15) is 0 Å². The number of piperidine rings is 1. The van der Waals surface area contributed by atoms with Crippen molar-refractivity contribution < 1.29 is 14.3 Å². The number of nitrogens with one attached hydrogen (secondary N) is 2. The van der Waals surface area contributed by atoms with Crippen LogP contribution in [0.1, 0.15) is 36.4 Å². The molecule has 0 spiro atoms. The molecule has 3 rings (SSSR count). The molecule has 2 aromatic rings. The lowest BCUT2D eigenvalue weighted by Gasteiger charge is -2.36. The zero-order chi connectivity index (χ0) is 20.6. The number of nitrogens with zero attached hydrogens (tertiary/aromatic N) is 1. The summed E-state index contributed by atoms with van der Waals surface area (Å²) in [4.78, 5) is 26.8. The van der Waals surface area contributed by atoms with Crippen LogP contribution in [0.25, 0.3) is 0 Å². The maximum Gasteiger partial charge on any atom is 0.315 e. The lowest BCUT2D eigenvalue weighted by Crippen LogP contribution is -2.46. The highest BCUT2D eigenvalue weighted by atomic mass is 16.5. The highest BCUT2D eigenvalue weighted by molar-refractivity contribution is 5.84. The summed E-state index contributed by atoms with van der Waals surface area (Å²) in [5.41, 5.74) is 8.28. The molecule has 1 atom stereocenters. The summed E-state index contributed by atoms with van der Waals surface area (Å²) in [5.74, 6) is 0.689. The van der Waals surface area contributed by atoms with Crippen LogP contribution < -0.4 is 21.1 Å². The fourth-order valence-corrected chi connectivity index (χ4v) is 3.63. The molecule has 0 radical (unpaired) electrons. The monoisotopic (exact) mass is 396 g/mol. The average molecular weight is 396 g/mol. The molecule has 3 amide bonds. The van der Waals surface area contributed by atoms with E-state index in [0.717, 1.165) is 36.1 Å². The number of methoxy groups -OCH3 is 1. The molecule has 154 valence electrons. The van der Waals surface area contributed by atoms with Crippen molar-refractivity contribution in [2.45, 2.75) is 31.8 Å². The molecule has 1 fully saturated rings. The van der Waals surface area contributed by atoms with Crippen LogP contribution in [0.5, 0.6) is 5.75 Å². The predicted molar refractivity (Wildman–Crippen MR) is 112 cm³/mol. The normalized spacial score (nSPS) is 16.2. The minimum absolute atomic E-state index is 0.0351. The van der Waals surface area contributed by atoms with Crippen LogP contribution >= 0.6 is 0 Å². The number of para-hydroxylation sites is 1. The number of hydrogen-bond acceptors (Lipinski definition) is 4. The van der Waals surface area contributed by atoms with E-state index in [1.807, 2.05) is 41.3 Å². The third-order valence-electron chi connectivity index (χ3n) is 5.15. The molecule has 1 unspecified atom stereocenters. The minimum Gasteiger partial charge on any atom is -0.496 e. The van der Waals surface area contributed by atoms with Crippen LogP contribution in [0, 0.1) is 0 Å². The number of carbonyl (C=O) groups is 2. The molecular formula is C22H28N4O3. The third kappa shape index (κ3) is 5.40. The topological polar surface area (TPSA) is 96.7 Å². The van der Waals surface area contributed by atoms with Gasteiger partial charge in [0.05, 0.1) is 19.7 Å². The Balaban J connectivity index is 1.55. The molecule has 0 bridgehead atoms. The summed E-state index contributed by atoms with van der Waals surface area (Å²) in [6.45, 7) is 1.00. The van der Waals surface area contributed by atoms with E-state index in [1.54, 1.807) is 19.2 Å². The van der Waals surface area contributed by atoms with E-state index >= 15 is 0 Å². The van der Waals surface area contributed by atoms with Crippen molar-refractivity contribution in [3.05, 3.63) is 59.7 Å². The average Bonchev–Trinajstić information content (AvgIpc) is 2.77. The summed E-state index contributed by atoms with van der Waals surface area (Å²) in [6, 6.07) is 14.7. The second-order valence-electron chi connectivity index (χ2n) is 7.12. The minimum atomic E-state index is -0.374. The molecule has 1 heterocycles. The van der Waals surface area contributed by atoms with Gasteiger partial charge in [0, 0.05) is 24.3 Å². The third-order valence-corrected chi connectivity index (χ3v) is 5.15. The van der Waals surface area contributed by atoms with Crippen molar-refractivity contribution in [3.8, 4) is 5.75 Å². The Hall–Kier alpha value is -3.22. The van der Waals surface area contributed by atoms with Gasteiger partial charge >= 0.3 is 6.03 Å². The highest BCUT2D eigenvalue weighted by Gasteiger charge is 2.29. The summed E-state index contributed by atoms with van der Waals surface area (Å²) in [6.07, 6.45) is 2.90. The number of hydrogen-bond donors (Lipinski definition) is 3. The first-order valence-corrected chi connectivity index (χ1v) is 9.87. The molecule has 1 aliphatic rings. The van der Waals surface area contributed by atoms with Crippen LogP contribution in [0.2, 0.25) is 0 Å². The van der Waals surface area contributed by atoms with Gasteiger partial charge in [-0.3, -0.25) is 4.79 Å². The number of ether oxygens (including phenoxy) is 1. The van der Waals surface area contributed by atoms with E-state index in [9.17, 15) is 9.59 Å². The zero-order valence-electron chi connectivity index (χ0n) is 16.7. The Bertz CT molecular complexity index is 838. The Kier molecular flexibility index (Phi) is 6.94. The van der Waals surface area contributed by atoms with Gasteiger partial charge in [0.1, 0.15) is 5.75 Å². The van der Waals surface area contributed by atoms with Gasteiger partial charge in [-0.05, 0) is 43.0 Å². The number of urea groups is 1. The van der Waals surface area contributed by atoms with Crippen LogP contribution in [0.4, 0.5) is 10.5 Å². The van der Waals surface area contributed by atoms with Gasteiger partial charge in [0.15, 0.2) is 0 Å². The zero-order valence-corrected chi connectivity index (χ0v) is 16.7. The van der Waals surface area contributed by atoms with Gasteiger partial charge in [-0.25, -0.2) is 4.79 Å². The molecule has 2 aromatic carbocycles. The fraction of sp³-hybridized carbons (Fsp3) is 0.364. The molecule has 0 aromatic heterocycles. The summed E-state index contributed by atoms with van der Waals surface area (Å²) in [5, 5.41) is 5.42. The van der Waals surface area contributed by atoms with Gasteiger partial charge in [-0.15, -0.1) is 0 Å². The lowest BCUT2D eigenvalue weighted by atomic mass is 9.94. The molecule has 7 nitrogen and oxygen atoms in total. The maximum absolute atomic E-state index is 12.8. The van der Waals surface area contributed by atoms with Gasteiger partial charge < -0.3 is 26.0 Å². The summed E-state index contributed by atoms with van der Waals surface area (Å²) in [7, 11) is 1.64. The number of benzene rings is 2. The van der Waals surface area contributed by atoms with E-state index in [1.165, 1.54) is 0 Å². The number of carbonyl (C=O) groups excluding carboxylic acids is 2. The SMILES string of the molecule is COc1ccccc1C1CCCCN1C(=O)CNC(=O)NCc1ccc(N)cc1. The number of nitrogens with two attached hydrogens (primary N) is 1. The van der Waals surface area contributed by atoms with Gasteiger partial charge in [-0.1, -0.05) is 30.3 Å². The number of amides is 3. The van der Waals surface area contributed by atoms with Crippen LogP contribution in [0.3, 0.4) is 0 Å². The number of anilines is 1. The van der Waals surface area contributed by atoms with Crippen LogP contribution in [-0.2, 0) is 11.3 Å². The van der Waals surface area contributed by atoms with Crippen LogP contribution in [-0.4, -0.2) is 37.0 Å². The lowest BCUT2D eigenvalue weighted by molar-refractivity contribution is -0.133. The number of rotatable bonds is 6.